The predicted octanol–water partition coefficient (Wildman–Crippen LogP) is 6.03. The zero-order valence-electron chi connectivity index (χ0n) is 21.4. The first-order valence-electron chi connectivity index (χ1n) is 13.9. The number of anilines is 1. The molecule has 4 aliphatic rings. The lowest BCUT2D eigenvalue weighted by molar-refractivity contribution is -0.174. The molecule has 0 saturated heterocycles. The van der Waals surface area contributed by atoms with Crippen LogP contribution in [0.5, 0.6) is 0 Å². The summed E-state index contributed by atoms with van der Waals surface area (Å²) in [7, 11) is 0. The second kappa shape index (κ2) is 9.24. The minimum absolute atomic E-state index is 0.0339. The summed E-state index contributed by atoms with van der Waals surface area (Å²) in [4.78, 5) is 12.6. The number of nitrogens with one attached hydrogen (secondary N) is 1. The summed E-state index contributed by atoms with van der Waals surface area (Å²) >= 11 is 0. The van der Waals surface area contributed by atoms with Gasteiger partial charge < -0.3 is 15.5 Å². The van der Waals surface area contributed by atoms with E-state index in [0.717, 1.165) is 37.8 Å². The Labute approximate surface area is 205 Å². The van der Waals surface area contributed by atoms with E-state index < -0.39 is 0 Å². The summed E-state index contributed by atoms with van der Waals surface area (Å²) in [6, 6.07) is 9.71. The fourth-order valence-electron chi connectivity index (χ4n) is 9.47. The van der Waals surface area contributed by atoms with Gasteiger partial charge in [-0.05, 0) is 116 Å². The molecule has 0 bridgehead atoms. The molecule has 4 fully saturated rings. The summed E-state index contributed by atoms with van der Waals surface area (Å²) in [5.41, 5.74) is 1.11. The van der Waals surface area contributed by atoms with Crippen LogP contribution in [0, 0.1) is 46.3 Å². The van der Waals surface area contributed by atoms with Gasteiger partial charge in [0.15, 0.2) is 0 Å². The lowest BCUT2D eigenvalue weighted by Gasteiger charge is -2.62. The number of fused-ring (bicyclic) bond motifs is 5. The molecule has 188 valence electrons. The van der Waals surface area contributed by atoms with Crippen LogP contribution in [0.2, 0.25) is 0 Å². The third kappa shape index (κ3) is 4.03. The normalized spacial score (nSPS) is 44.4. The van der Waals surface area contributed by atoms with Crippen molar-refractivity contribution in [1.29, 1.82) is 0 Å². The third-order valence-electron chi connectivity index (χ3n) is 11.4. The molecule has 5 rings (SSSR count). The van der Waals surface area contributed by atoms with Crippen molar-refractivity contribution in [3.63, 3.8) is 0 Å². The molecule has 1 aromatic rings. The SMILES string of the molecule is C[C@H](CCC(=O)Nc1ccccc1)[C@H]1CC[C@H]2[C@@H]3CC[C@@H]4C[C@H](O)CC[C@]4(C)[C@H]3C[C@H](O)[C@]12C. The minimum Gasteiger partial charge on any atom is -0.393 e. The van der Waals surface area contributed by atoms with E-state index in [9.17, 15) is 15.0 Å². The fraction of sp³-hybridized carbons (Fsp3) is 0.767. The average Bonchev–Trinajstić information content (AvgIpc) is 3.18. The summed E-state index contributed by atoms with van der Waals surface area (Å²) in [6.07, 6.45) is 9.90. The maximum atomic E-state index is 12.6. The second-order valence-corrected chi connectivity index (χ2v) is 12.8. The maximum Gasteiger partial charge on any atom is 0.224 e. The molecule has 10 atom stereocenters. The summed E-state index contributed by atoms with van der Waals surface area (Å²) < 4.78 is 0. The molecular weight excluding hydrogens is 422 g/mol. The van der Waals surface area contributed by atoms with Gasteiger partial charge in [0.25, 0.3) is 0 Å². The summed E-state index contributed by atoms with van der Waals surface area (Å²) in [5.74, 6) is 3.52. The van der Waals surface area contributed by atoms with E-state index in [-0.39, 0.29) is 28.9 Å². The van der Waals surface area contributed by atoms with Crippen LogP contribution in [0.4, 0.5) is 5.69 Å². The van der Waals surface area contributed by atoms with Gasteiger partial charge in [0.2, 0.25) is 5.91 Å². The molecular formula is C30H45NO3. The molecule has 4 nitrogen and oxygen atoms in total. The number of benzene rings is 1. The van der Waals surface area contributed by atoms with Crippen LogP contribution < -0.4 is 5.32 Å². The number of rotatable bonds is 5. The van der Waals surface area contributed by atoms with E-state index in [4.69, 9.17) is 0 Å². The summed E-state index contributed by atoms with van der Waals surface area (Å²) in [5, 5.41) is 25.0. The lowest BCUT2D eigenvalue weighted by atomic mass is 9.43. The van der Waals surface area contributed by atoms with Crippen molar-refractivity contribution < 1.29 is 15.0 Å². The Balaban J connectivity index is 1.26. The van der Waals surface area contributed by atoms with Crippen LogP contribution in [0.1, 0.15) is 85.0 Å². The lowest BCUT2D eigenvalue weighted by Crippen LogP contribution is -2.58. The van der Waals surface area contributed by atoms with Crippen LogP contribution in [-0.2, 0) is 4.79 Å². The highest BCUT2D eigenvalue weighted by Crippen LogP contribution is 2.68. The van der Waals surface area contributed by atoms with Crippen LogP contribution in [0.25, 0.3) is 0 Å². The quantitative estimate of drug-likeness (QED) is 0.495. The van der Waals surface area contributed by atoms with Crippen LogP contribution in [0.3, 0.4) is 0 Å². The van der Waals surface area contributed by atoms with E-state index in [2.05, 4.69) is 26.1 Å². The Morgan fingerprint density at radius 3 is 2.56 bits per heavy atom. The highest BCUT2D eigenvalue weighted by atomic mass is 16.3. The van der Waals surface area contributed by atoms with Crippen molar-refractivity contribution in [1.82, 2.24) is 0 Å². The highest BCUT2D eigenvalue weighted by molar-refractivity contribution is 5.90. The maximum absolute atomic E-state index is 12.6. The molecule has 4 aliphatic carbocycles. The van der Waals surface area contributed by atoms with E-state index in [1.165, 1.54) is 25.7 Å². The number of para-hydroxylation sites is 1. The van der Waals surface area contributed by atoms with Gasteiger partial charge in [-0.2, -0.15) is 0 Å². The molecule has 1 amide bonds. The van der Waals surface area contributed by atoms with Crippen molar-refractivity contribution in [2.75, 3.05) is 5.32 Å². The van der Waals surface area contributed by atoms with Gasteiger partial charge in [-0.3, -0.25) is 4.79 Å². The predicted molar refractivity (Wildman–Crippen MR) is 136 cm³/mol. The van der Waals surface area contributed by atoms with Crippen molar-refractivity contribution in [2.24, 2.45) is 46.3 Å². The van der Waals surface area contributed by atoms with Gasteiger partial charge in [0.05, 0.1) is 12.2 Å². The first-order chi connectivity index (χ1) is 16.2. The zero-order chi connectivity index (χ0) is 24.1. The largest absolute Gasteiger partial charge is 0.393 e. The first kappa shape index (κ1) is 24.3. The molecule has 0 heterocycles. The third-order valence-corrected chi connectivity index (χ3v) is 11.4. The van der Waals surface area contributed by atoms with Gasteiger partial charge in [-0.1, -0.05) is 39.0 Å². The topological polar surface area (TPSA) is 69.6 Å². The monoisotopic (exact) mass is 467 g/mol. The Bertz CT molecular complexity index is 873. The number of hydrogen-bond donors (Lipinski definition) is 3. The molecule has 0 unspecified atom stereocenters. The van der Waals surface area contributed by atoms with E-state index in [1.54, 1.807) is 0 Å². The van der Waals surface area contributed by atoms with Crippen LogP contribution in [0.15, 0.2) is 30.3 Å². The van der Waals surface area contributed by atoms with Crippen molar-refractivity contribution in [3.05, 3.63) is 30.3 Å². The molecule has 0 radical (unpaired) electrons. The van der Waals surface area contributed by atoms with Crippen molar-refractivity contribution in [2.45, 2.75) is 97.2 Å². The summed E-state index contributed by atoms with van der Waals surface area (Å²) in [6.45, 7) is 7.18. The fourth-order valence-corrected chi connectivity index (χ4v) is 9.47. The standard InChI is InChI=1S/C30H45NO3/c1-19(9-14-28(34)31-21-7-5-4-6-8-21)24-12-13-25-23-11-10-20-17-22(32)15-16-29(20,2)26(23)18-27(33)30(24,25)3/h4-8,19-20,22-27,32-33H,9-18H2,1-3H3,(H,31,34)/t19-,20-,22-,23+,24-,25+,26+,27+,29+,30-/m1/s1. The highest BCUT2D eigenvalue weighted by Gasteiger charge is 2.63. The molecule has 0 aliphatic heterocycles. The van der Waals surface area contributed by atoms with E-state index >= 15 is 0 Å². The number of aliphatic hydroxyl groups is 2. The van der Waals surface area contributed by atoms with Gasteiger partial charge in [0.1, 0.15) is 0 Å². The Morgan fingerprint density at radius 2 is 1.79 bits per heavy atom. The Kier molecular flexibility index (Phi) is 6.61. The molecule has 3 N–H and O–H groups in total. The molecule has 0 spiro atoms. The molecule has 4 heteroatoms. The van der Waals surface area contributed by atoms with Gasteiger partial charge in [-0.15, -0.1) is 0 Å². The van der Waals surface area contributed by atoms with Crippen LogP contribution in [-0.4, -0.2) is 28.3 Å². The number of carbonyl (C=O) groups is 1. The van der Waals surface area contributed by atoms with Gasteiger partial charge >= 0.3 is 0 Å². The zero-order valence-corrected chi connectivity index (χ0v) is 21.4. The first-order valence-corrected chi connectivity index (χ1v) is 13.9. The van der Waals surface area contributed by atoms with Crippen molar-refractivity contribution in [3.8, 4) is 0 Å². The molecule has 4 saturated carbocycles. The molecule has 1 aromatic carbocycles. The number of hydrogen-bond acceptors (Lipinski definition) is 3. The smallest absolute Gasteiger partial charge is 0.224 e. The van der Waals surface area contributed by atoms with E-state index in [0.29, 0.717) is 41.9 Å². The molecule has 0 aromatic heterocycles. The van der Waals surface area contributed by atoms with E-state index in [1.807, 2.05) is 30.3 Å². The second-order valence-electron chi connectivity index (χ2n) is 12.8. The molecule has 34 heavy (non-hydrogen) atoms. The Morgan fingerprint density at radius 1 is 1.03 bits per heavy atom. The number of amides is 1. The van der Waals surface area contributed by atoms with Gasteiger partial charge in [0, 0.05) is 12.1 Å². The Hall–Kier alpha value is -1.39. The number of carbonyl (C=O) groups excluding carboxylic acids is 1. The van der Waals surface area contributed by atoms with Gasteiger partial charge in [-0.25, -0.2) is 0 Å². The average molecular weight is 468 g/mol. The number of aliphatic hydroxyl groups excluding tert-OH is 2. The van der Waals surface area contributed by atoms with Crippen molar-refractivity contribution >= 4 is 11.6 Å². The minimum atomic E-state index is -0.255. The van der Waals surface area contributed by atoms with Crippen LogP contribution >= 0.6 is 0 Å².